The minimum Gasteiger partial charge on any atom is -0.212 e. The van der Waals surface area contributed by atoms with Gasteiger partial charge >= 0.3 is 0 Å². The number of hydrogen-bond donors (Lipinski definition) is 0. The van der Waals surface area contributed by atoms with Crippen LogP contribution in [0.25, 0.3) is 0 Å². The Balaban J connectivity index is 1.75. The Kier molecular flexibility index (Phi) is 4.31. The van der Waals surface area contributed by atoms with Gasteiger partial charge in [0.05, 0.1) is 5.75 Å². The molecular weight excluding hydrogens is 289 g/mol. The Morgan fingerprint density at radius 1 is 1.05 bits per heavy atom. The fraction of sp³-hybridized carbons (Fsp3) is 0.625. The molecule has 0 N–H and O–H groups in total. The molecule has 2 fully saturated rings. The normalized spacial score (nSPS) is 24.7. The molecule has 1 saturated heterocycles. The summed E-state index contributed by atoms with van der Waals surface area (Å²) < 4.78 is 40.0. The molecule has 0 aromatic heterocycles. The Morgan fingerprint density at radius 2 is 1.71 bits per heavy atom. The third-order valence-corrected chi connectivity index (χ3v) is 6.68. The molecule has 2 aliphatic rings. The molecule has 1 atom stereocenters. The molecule has 0 radical (unpaired) electrons. The first-order valence-electron chi connectivity index (χ1n) is 7.80. The zero-order chi connectivity index (χ0) is 14.9. The minimum atomic E-state index is -3.30. The van der Waals surface area contributed by atoms with Gasteiger partial charge in [-0.3, -0.25) is 0 Å². The van der Waals surface area contributed by atoms with Gasteiger partial charge in [-0.05, 0) is 49.3 Å². The van der Waals surface area contributed by atoms with Gasteiger partial charge in [-0.2, -0.15) is 4.31 Å². The second-order valence-corrected chi connectivity index (χ2v) is 8.17. The highest BCUT2D eigenvalue weighted by molar-refractivity contribution is 7.88. The van der Waals surface area contributed by atoms with Crippen LogP contribution in [0.15, 0.2) is 24.3 Å². The number of halogens is 1. The highest BCUT2D eigenvalue weighted by Gasteiger charge is 2.39. The van der Waals surface area contributed by atoms with E-state index in [1.165, 1.54) is 25.0 Å². The van der Waals surface area contributed by atoms with Crippen LogP contribution in [0.2, 0.25) is 0 Å². The zero-order valence-corrected chi connectivity index (χ0v) is 13.0. The number of hydrogen-bond acceptors (Lipinski definition) is 2. The number of sulfonamides is 1. The van der Waals surface area contributed by atoms with Crippen LogP contribution in [-0.4, -0.2) is 25.3 Å². The van der Waals surface area contributed by atoms with Crippen LogP contribution in [-0.2, 0) is 15.8 Å². The predicted octanol–water partition coefficient (Wildman–Crippen LogP) is 3.31. The monoisotopic (exact) mass is 311 g/mol. The molecule has 1 heterocycles. The average Bonchev–Trinajstić information content (AvgIpc) is 3.11. The first kappa shape index (κ1) is 15.0. The van der Waals surface area contributed by atoms with Crippen LogP contribution in [0.5, 0.6) is 0 Å². The molecule has 1 aliphatic carbocycles. The lowest BCUT2D eigenvalue weighted by Crippen LogP contribution is -2.40. The summed E-state index contributed by atoms with van der Waals surface area (Å²) in [7, 11) is -3.30. The number of nitrogens with zero attached hydrogens (tertiary/aromatic N) is 1. The molecular formula is C16H22FNO2S. The number of rotatable bonds is 4. The third kappa shape index (κ3) is 3.29. The average molecular weight is 311 g/mol. The maximum Gasteiger partial charge on any atom is 0.218 e. The van der Waals surface area contributed by atoms with Gasteiger partial charge in [-0.15, -0.1) is 0 Å². The van der Waals surface area contributed by atoms with Gasteiger partial charge < -0.3 is 0 Å². The summed E-state index contributed by atoms with van der Waals surface area (Å²) in [6, 6.07) is 5.96. The zero-order valence-electron chi connectivity index (χ0n) is 12.2. The van der Waals surface area contributed by atoms with Crippen molar-refractivity contribution in [2.45, 2.75) is 50.3 Å². The minimum absolute atomic E-state index is 0.0174. The largest absolute Gasteiger partial charge is 0.218 e. The van der Waals surface area contributed by atoms with Crippen molar-refractivity contribution in [1.29, 1.82) is 0 Å². The van der Waals surface area contributed by atoms with Gasteiger partial charge in [0, 0.05) is 12.6 Å². The standard InChI is InChI=1S/C16H22FNO2S/c17-15-9-7-13(8-10-15)12-21(19,20)18-11-3-6-16(18)14-4-1-2-5-14/h7-10,14,16H,1-6,11-12H2. The molecule has 21 heavy (non-hydrogen) atoms. The topological polar surface area (TPSA) is 37.4 Å². The lowest BCUT2D eigenvalue weighted by molar-refractivity contribution is 0.288. The Morgan fingerprint density at radius 3 is 2.38 bits per heavy atom. The molecule has 3 rings (SSSR count). The van der Waals surface area contributed by atoms with E-state index < -0.39 is 10.0 Å². The van der Waals surface area contributed by atoms with Crippen molar-refractivity contribution in [2.75, 3.05) is 6.54 Å². The van der Waals surface area contributed by atoms with Crippen LogP contribution in [0.1, 0.15) is 44.1 Å². The summed E-state index contributed by atoms with van der Waals surface area (Å²) in [5.41, 5.74) is 0.661. The molecule has 1 aromatic rings. The summed E-state index contributed by atoms with van der Waals surface area (Å²) in [5, 5.41) is 0. The summed E-state index contributed by atoms with van der Waals surface area (Å²) >= 11 is 0. The molecule has 5 heteroatoms. The van der Waals surface area contributed by atoms with E-state index in [9.17, 15) is 12.8 Å². The molecule has 0 amide bonds. The fourth-order valence-electron chi connectivity index (χ4n) is 3.80. The summed E-state index contributed by atoms with van der Waals surface area (Å²) in [4.78, 5) is 0. The maximum absolute atomic E-state index is 12.9. The predicted molar refractivity (Wildman–Crippen MR) is 80.7 cm³/mol. The van der Waals surface area contributed by atoms with Gasteiger partial charge in [0.1, 0.15) is 5.82 Å². The van der Waals surface area contributed by atoms with Crippen LogP contribution < -0.4 is 0 Å². The first-order valence-corrected chi connectivity index (χ1v) is 9.41. The van der Waals surface area contributed by atoms with E-state index in [-0.39, 0.29) is 17.6 Å². The third-order valence-electron chi connectivity index (χ3n) is 4.81. The van der Waals surface area contributed by atoms with Crippen molar-refractivity contribution >= 4 is 10.0 Å². The van der Waals surface area contributed by atoms with E-state index in [1.54, 1.807) is 16.4 Å². The smallest absolute Gasteiger partial charge is 0.212 e. The van der Waals surface area contributed by atoms with Crippen LogP contribution in [0, 0.1) is 11.7 Å². The lowest BCUT2D eigenvalue weighted by atomic mass is 9.97. The van der Waals surface area contributed by atoms with Crippen molar-refractivity contribution in [1.82, 2.24) is 4.31 Å². The van der Waals surface area contributed by atoms with Crippen LogP contribution in [0.4, 0.5) is 4.39 Å². The van der Waals surface area contributed by atoms with Crippen molar-refractivity contribution in [3.63, 3.8) is 0 Å². The van der Waals surface area contributed by atoms with E-state index in [0.29, 0.717) is 18.0 Å². The second-order valence-electron chi connectivity index (χ2n) is 6.25. The Bertz CT molecular complexity index is 579. The molecule has 116 valence electrons. The first-order chi connectivity index (χ1) is 10.1. The Hall–Kier alpha value is -0.940. The van der Waals surface area contributed by atoms with Gasteiger partial charge in [-0.25, -0.2) is 12.8 Å². The van der Waals surface area contributed by atoms with Gasteiger partial charge in [-0.1, -0.05) is 25.0 Å². The van der Waals surface area contributed by atoms with Crippen LogP contribution in [0.3, 0.4) is 0 Å². The van der Waals surface area contributed by atoms with E-state index in [2.05, 4.69) is 0 Å². The number of benzene rings is 1. The molecule has 1 aromatic carbocycles. The van der Waals surface area contributed by atoms with Crippen molar-refractivity contribution in [3.8, 4) is 0 Å². The van der Waals surface area contributed by atoms with Crippen molar-refractivity contribution in [3.05, 3.63) is 35.6 Å². The van der Waals surface area contributed by atoms with Crippen molar-refractivity contribution in [2.24, 2.45) is 5.92 Å². The Labute approximate surface area is 126 Å². The van der Waals surface area contributed by atoms with Gasteiger partial charge in [0.2, 0.25) is 10.0 Å². The van der Waals surface area contributed by atoms with Gasteiger partial charge in [0.15, 0.2) is 0 Å². The van der Waals surface area contributed by atoms with E-state index in [4.69, 9.17) is 0 Å². The molecule has 1 saturated carbocycles. The fourth-order valence-corrected chi connectivity index (χ4v) is 5.68. The lowest BCUT2D eigenvalue weighted by Gasteiger charge is -2.28. The SMILES string of the molecule is O=S(=O)(Cc1ccc(F)cc1)N1CCCC1C1CCCC1. The van der Waals surface area contributed by atoms with E-state index in [0.717, 1.165) is 25.7 Å². The van der Waals surface area contributed by atoms with Gasteiger partial charge in [0.25, 0.3) is 0 Å². The summed E-state index contributed by atoms with van der Waals surface area (Å²) in [5.74, 6) is 0.188. The van der Waals surface area contributed by atoms with E-state index >= 15 is 0 Å². The quantitative estimate of drug-likeness (QED) is 0.855. The summed E-state index contributed by atoms with van der Waals surface area (Å²) in [6.07, 6.45) is 6.73. The molecule has 3 nitrogen and oxygen atoms in total. The van der Waals surface area contributed by atoms with Crippen LogP contribution >= 0.6 is 0 Å². The highest BCUT2D eigenvalue weighted by atomic mass is 32.2. The molecule has 1 aliphatic heterocycles. The molecule has 0 bridgehead atoms. The maximum atomic E-state index is 12.9. The van der Waals surface area contributed by atoms with E-state index in [1.807, 2.05) is 0 Å². The highest BCUT2D eigenvalue weighted by Crippen LogP contribution is 2.37. The summed E-state index contributed by atoms with van der Waals surface area (Å²) in [6.45, 7) is 0.644. The van der Waals surface area contributed by atoms with Crippen molar-refractivity contribution < 1.29 is 12.8 Å². The molecule has 0 spiro atoms. The molecule has 1 unspecified atom stereocenters. The second kappa shape index (κ2) is 6.05.